The third-order valence-electron chi connectivity index (χ3n) is 12.0. The molecule has 0 N–H and O–H groups in total. The number of nitriles is 2. The molecule has 0 unspecified atom stereocenters. The van der Waals surface area contributed by atoms with E-state index in [1.54, 1.807) is 12.1 Å². The van der Waals surface area contributed by atoms with Crippen LogP contribution in [0.5, 0.6) is 0 Å². The molecule has 5 nitrogen and oxygen atoms in total. The van der Waals surface area contributed by atoms with Gasteiger partial charge in [0.15, 0.2) is 0 Å². The van der Waals surface area contributed by atoms with Gasteiger partial charge in [-0.2, -0.15) is 23.7 Å². The van der Waals surface area contributed by atoms with Crippen LogP contribution in [-0.4, -0.2) is 14.1 Å². The second-order valence-corrected chi connectivity index (χ2v) is 15.7. The molecule has 8 heteroatoms. The van der Waals surface area contributed by atoms with Crippen molar-refractivity contribution in [2.24, 2.45) is 0 Å². The van der Waals surface area contributed by atoms with E-state index in [2.05, 4.69) is 12.1 Å². The summed E-state index contributed by atoms with van der Waals surface area (Å²) in [6.07, 6.45) is -4.73. The number of halogens is 3. The maximum absolute atomic E-state index is 15.6. The van der Waals surface area contributed by atoms with Gasteiger partial charge in [0.05, 0.1) is 73.7 Å². The molecule has 0 aliphatic rings. The molecule has 0 atom stereocenters. The fraction of sp³-hybridized carbons (Fsp3) is 0.0179. The average Bonchev–Trinajstić information content (AvgIpc) is 3.85. The summed E-state index contributed by atoms with van der Waals surface area (Å²) < 4.78 is 50.8. The number of hydrogen-bond acceptors (Lipinski definition) is 3. The minimum absolute atomic E-state index is 0.309. The minimum Gasteiger partial charge on any atom is -0.308 e. The van der Waals surface area contributed by atoms with Crippen LogP contribution in [0.2, 0.25) is 0 Å². The number of hydrogen-bond donors (Lipinski definition) is 0. The Labute approximate surface area is 365 Å². The topological polar surface area (TPSA) is 70.3 Å². The highest BCUT2D eigenvalue weighted by atomic mass is 19.4. The number of aromatic nitrogens is 3. The normalized spacial score (nSPS) is 11.6. The molecule has 0 bridgehead atoms. The van der Waals surface area contributed by atoms with E-state index in [0.717, 1.165) is 60.4 Å². The molecule has 0 spiro atoms. The summed E-state index contributed by atoms with van der Waals surface area (Å²) in [6, 6.07) is 64.5. The molecule has 0 aliphatic carbocycles. The summed E-state index contributed by atoms with van der Waals surface area (Å²) in [7, 11) is 0. The summed E-state index contributed by atoms with van der Waals surface area (Å²) in [4.78, 5) is 5.25. The van der Waals surface area contributed by atoms with Crippen LogP contribution in [0.4, 0.5) is 13.2 Å². The fourth-order valence-electron chi connectivity index (χ4n) is 9.09. The van der Waals surface area contributed by atoms with E-state index in [9.17, 15) is 10.5 Å². The fourth-order valence-corrected chi connectivity index (χ4v) is 9.09. The van der Waals surface area contributed by atoms with Crippen LogP contribution in [0.15, 0.2) is 194 Å². The summed E-state index contributed by atoms with van der Waals surface area (Å²) >= 11 is 0. The first-order valence-electron chi connectivity index (χ1n) is 20.6. The SMILES string of the molecule is N#Cc1cccc(-c2ccc3c(c2)c2ccccc2n3-c2cc(C(F)(F)F)cc(-n3c4ccccc4c4cc(-c5cccc(C#N)c5)ccc43)c2-c2cccc(-c3ccccc3)n2)c1. The monoisotopic (exact) mass is 831 g/mol. The van der Waals surface area contributed by atoms with Gasteiger partial charge in [-0.05, 0) is 107 Å². The van der Waals surface area contributed by atoms with Gasteiger partial charge in [0, 0.05) is 32.7 Å². The molecule has 3 heterocycles. The zero-order valence-corrected chi connectivity index (χ0v) is 33.8. The molecule has 11 rings (SSSR count). The first-order chi connectivity index (χ1) is 31.3. The van der Waals surface area contributed by atoms with Crippen molar-refractivity contribution >= 4 is 43.6 Å². The van der Waals surface area contributed by atoms with Gasteiger partial charge >= 0.3 is 6.18 Å². The molecular weight excluding hydrogens is 800 g/mol. The Morgan fingerprint density at radius 2 is 0.828 bits per heavy atom. The number of pyridine rings is 1. The molecule has 11 aromatic rings. The third-order valence-corrected chi connectivity index (χ3v) is 12.0. The molecule has 0 saturated carbocycles. The molecule has 0 fully saturated rings. The first-order valence-corrected chi connectivity index (χ1v) is 20.6. The molecule has 0 radical (unpaired) electrons. The van der Waals surface area contributed by atoms with Crippen molar-refractivity contribution in [3.05, 3.63) is 211 Å². The summed E-state index contributed by atoms with van der Waals surface area (Å²) in [5, 5.41) is 22.7. The highest BCUT2D eigenvalue weighted by Crippen LogP contribution is 2.46. The number of alkyl halides is 3. The van der Waals surface area contributed by atoms with Crippen LogP contribution >= 0.6 is 0 Å². The van der Waals surface area contributed by atoms with Gasteiger partial charge in [0.25, 0.3) is 0 Å². The van der Waals surface area contributed by atoms with E-state index in [4.69, 9.17) is 4.98 Å². The Balaban J connectivity index is 1.27. The molecular formula is C56H32F3N5. The standard InChI is InChI=1S/C56H32F3N5/c57-56(58,59)42-31-53(63-49-21-6-4-17-43(49)45-29-40(23-25-51(45)63)38-15-8-11-35(27-38)33-60)55(48-20-10-19-47(62-48)37-13-2-1-3-14-37)54(32-42)64-50-22-7-5-18-44(50)46-30-41(24-26-52(46)64)39-16-9-12-36(28-39)34-61/h1-32H. The van der Waals surface area contributed by atoms with E-state index < -0.39 is 11.7 Å². The summed E-state index contributed by atoms with van der Waals surface area (Å²) in [5.74, 6) is 0. The van der Waals surface area contributed by atoms with Crippen molar-refractivity contribution in [3.8, 4) is 68.3 Å². The summed E-state index contributed by atoms with van der Waals surface area (Å²) in [5.41, 5.74) is 9.72. The lowest BCUT2D eigenvalue weighted by Crippen LogP contribution is -2.11. The average molecular weight is 832 g/mol. The van der Waals surface area contributed by atoms with Crippen LogP contribution in [0.3, 0.4) is 0 Å². The van der Waals surface area contributed by atoms with Crippen LogP contribution in [0.1, 0.15) is 16.7 Å². The van der Waals surface area contributed by atoms with E-state index >= 15 is 13.2 Å². The van der Waals surface area contributed by atoms with Gasteiger partial charge in [-0.3, -0.25) is 0 Å². The van der Waals surface area contributed by atoms with E-state index in [1.165, 1.54) is 12.1 Å². The van der Waals surface area contributed by atoms with Crippen LogP contribution in [0, 0.1) is 22.7 Å². The van der Waals surface area contributed by atoms with Crippen molar-refractivity contribution < 1.29 is 13.2 Å². The zero-order chi connectivity index (χ0) is 43.5. The van der Waals surface area contributed by atoms with Gasteiger partial charge in [-0.15, -0.1) is 0 Å². The van der Waals surface area contributed by atoms with Gasteiger partial charge in [-0.25, -0.2) is 4.98 Å². The Morgan fingerprint density at radius 1 is 0.391 bits per heavy atom. The molecule has 302 valence electrons. The number of para-hydroxylation sites is 2. The molecule has 8 aromatic carbocycles. The molecule has 0 amide bonds. The highest BCUT2D eigenvalue weighted by Gasteiger charge is 2.34. The zero-order valence-electron chi connectivity index (χ0n) is 33.8. The van der Waals surface area contributed by atoms with Crippen molar-refractivity contribution in [2.75, 3.05) is 0 Å². The smallest absolute Gasteiger partial charge is 0.308 e. The second-order valence-electron chi connectivity index (χ2n) is 15.7. The largest absolute Gasteiger partial charge is 0.416 e. The van der Waals surface area contributed by atoms with Gasteiger partial charge in [0.2, 0.25) is 0 Å². The third kappa shape index (κ3) is 6.36. The lowest BCUT2D eigenvalue weighted by Gasteiger charge is -2.22. The Hall–Kier alpha value is -8.72. The quantitative estimate of drug-likeness (QED) is 0.168. The number of rotatable bonds is 6. The van der Waals surface area contributed by atoms with Gasteiger partial charge < -0.3 is 9.13 Å². The highest BCUT2D eigenvalue weighted by molar-refractivity contribution is 6.13. The van der Waals surface area contributed by atoms with Crippen molar-refractivity contribution in [2.45, 2.75) is 6.18 Å². The van der Waals surface area contributed by atoms with Crippen molar-refractivity contribution in [1.29, 1.82) is 10.5 Å². The summed E-state index contributed by atoms with van der Waals surface area (Å²) in [6.45, 7) is 0. The predicted molar refractivity (Wildman–Crippen MR) is 249 cm³/mol. The molecule has 3 aromatic heterocycles. The Bertz CT molecular complexity index is 3560. The van der Waals surface area contributed by atoms with E-state index in [-0.39, 0.29) is 0 Å². The Kier molecular flexibility index (Phi) is 8.97. The van der Waals surface area contributed by atoms with E-state index in [1.807, 2.05) is 179 Å². The van der Waals surface area contributed by atoms with Crippen LogP contribution in [0.25, 0.3) is 99.8 Å². The van der Waals surface area contributed by atoms with Crippen LogP contribution in [-0.2, 0) is 6.18 Å². The Morgan fingerprint density at radius 3 is 1.34 bits per heavy atom. The number of benzene rings is 8. The number of fused-ring (bicyclic) bond motifs is 6. The van der Waals surface area contributed by atoms with Crippen LogP contribution < -0.4 is 0 Å². The van der Waals surface area contributed by atoms with Gasteiger partial charge in [0.1, 0.15) is 0 Å². The van der Waals surface area contributed by atoms with E-state index in [0.29, 0.717) is 50.5 Å². The molecule has 0 saturated heterocycles. The second kappa shape index (κ2) is 15.0. The first kappa shape index (κ1) is 38.2. The lowest BCUT2D eigenvalue weighted by atomic mass is 9.99. The minimum atomic E-state index is -4.73. The predicted octanol–water partition coefficient (Wildman–Crippen LogP) is 14.7. The van der Waals surface area contributed by atoms with Gasteiger partial charge in [-0.1, -0.05) is 109 Å². The maximum atomic E-state index is 15.6. The number of nitrogens with zero attached hydrogens (tertiary/aromatic N) is 5. The molecule has 64 heavy (non-hydrogen) atoms. The van der Waals surface area contributed by atoms with Crippen molar-refractivity contribution in [3.63, 3.8) is 0 Å². The van der Waals surface area contributed by atoms with Crippen molar-refractivity contribution in [1.82, 2.24) is 14.1 Å². The maximum Gasteiger partial charge on any atom is 0.416 e. The molecule has 0 aliphatic heterocycles. The lowest BCUT2D eigenvalue weighted by molar-refractivity contribution is -0.137.